The Hall–Kier alpha value is -0.570. The lowest BCUT2D eigenvalue weighted by molar-refractivity contribution is -0.135. The average molecular weight is 213 g/mol. The fourth-order valence-electron chi connectivity index (χ4n) is 1.95. The minimum atomic E-state index is -0.312. The van der Waals surface area contributed by atoms with Crippen LogP contribution in [0.15, 0.2) is 0 Å². The molecule has 0 radical (unpaired) electrons. The Morgan fingerprint density at radius 2 is 1.93 bits per heavy atom. The number of likely N-dealkylation sites (N-methyl/N-ethyl adjacent to an activating group) is 1. The fourth-order valence-corrected chi connectivity index (χ4v) is 1.95. The number of carbonyl (C=O) groups is 1. The summed E-state index contributed by atoms with van der Waals surface area (Å²) in [7, 11) is 1.80. The molecule has 1 saturated carbocycles. The molecule has 0 saturated heterocycles. The van der Waals surface area contributed by atoms with Crippen LogP contribution in [0.5, 0.6) is 0 Å². The zero-order chi connectivity index (χ0) is 11.4. The van der Waals surface area contributed by atoms with E-state index in [0.29, 0.717) is 12.5 Å². The van der Waals surface area contributed by atoms with Gasteiger partial charge in [-0.05, 0) is 31.6 Å². The molecule has 0 bridgehead atoms. The predicted octanol–water partition coefficient (Wildman–Crippen LogP) is 1.65. The summed E-state index contributed by atoms with van der Waals surface area (Å²) in [5.74, 6) is 0.753. The normalized spacial score (nSPS) is 17.9. The number of nitrogens with zero attached hydrogens (tertiary/aromatic N) is 1. The highest BCUT2D eigenvalue weighted by Crippen LogP contribution is 2.32. The Morgan fingerprint density at radius 1 is 1.40 bits per heavy atom. The van der Waals surface area contributed by atoms with Crippen LogP contribution in [0.2, 0.25) is 0 Å². The highest BCUT2D eigenvalue weighted by Gasteiger charge is 2.31. The van der Waals surface area contributed by atoms with E-state index in [1.165, 1.54) is 0 Å². The van der Waals surface area contributed by atoms with Crippen molar-refractivity contribution in [3.8, 4) is 0 Å². The van der Waals surface area contributed by atoms with E-state index in [1.54, 1.807) is 11.9 Å². The number of hydrogen-bond acceptors (Lipinski definition) is 2. The highest BCUT2D eigenvalue weighted by atomic mass is 16.3. The van der Waals surface area contributed by atoms with Gasteiger partial charge >= 0.3 is 0 Å². The number of aliphatic hydroxyl groups excluding tert-OH is 1. The van der Waals surface area contributed by atoms with Crippen molar-refractivity contribution in [3.63, 3.8) is 0 Å². The van der Waals surface area contributed by atoms with E-state index in [9.17, 15) is 9.90 Å². The molecule has 0 heterocycles. The van der Waals surface area contributed by atoms with Gasteiger partial charge in [-0.1, -0.05) is 13.8 Å². The number of rotatable bonds is 6. The first-order chi connectivity index (χ1) is 7.10. The number of aliphatic hydroxyl groups is 1. The van der Waals surface area contributed by atoms with Gasteiger partial charge < -0.3 is 10.0 Å². The van der Waals surface area contributed by atoms with Gasteiger partial charge in [0.1, 0.15) is 0 Å². The Morgan fingerprint density at radius 3 is 2.33 bits per heavy atom. The van der Waals surface area contributed by atoms with E-state index >= 15 is 0 Å². The van der Waals surface area contributed by atoms with Crippen molar-refractivity contribution in [1.82, 2.24) is 4.90 Å². The Labute approximate surface area is 92.5 Å². The SMILES string of the molecule is CCC(CC)C(=O)N(C)CC(O)C1CC1. The fraction of sp³-hybridized carbons (Fsp3) is 0.917. The van der Waals surface area contributed by atoms with Crippen LogP contribution in [0.4, 0.5) is 0 Å². The summed E-state index contributed by atoms with van der Waals surface area (Å²) in [6.07, 6.45) is 3.70. The zero-order valence-electron chi connectivity index (χ0n) is 10.1. The van der Waals surface area contributed by atoms with Gasteiger partial charge in [0, 0.05) is 19.5 Å². The van der Waals surface area contributed by atoms with E-state index < -0.39 is 0 Å². The van der Waals surface area contributed by atoms with E-state index in [4.69, 9.17) is 0 Å². The first kappa shape index (κ1) is 12.5. The summed E-state index contributed by atoms with van der Waals surface area (Å²) in [6, 6.07) is 0. The van der Waals surface area contributed by atoms with Crippen LogP contribution in [0, 0.1) is 11.8 Å². The van der Waals surface area contributed by atoms with Crippen LogP contribution < -0.4 is 0 Å². The van der Waals surface area contributed by atoms with Crippen molar-refractivity contribution < 1.29 is 9.90 Å². The molecule has 88 valence electrons. The molecule has 1 aliphatic carbocycles. The van der Waals surface area contributed by atoms with Gasteiger partial charge in [-0.2, -0.15) is 0 Å². The summed E-state index contributed by atoms with van der Waals surface area (Å²) < 4.78 is 0. The maximum absolute atomic E-state index is 11.9. The standard InChI is InChI=1S/C12H23NO2/c1-4-9(5-2)12(15)13(3)8-11(14)10-6-7-10/h9-11,14H,4-8H2,1-3H3. The summed E-state index contributed by atoms with van der Waals surface area (Å²) >= 11 is 0. The van der Waals surface area contributed by atoms with Crippen LogP contribution in [-0.4, -0.2) is 35.6 Å². The number of hydrogen-bond donors (Lipinski definition) is 1. The van der Waals surface area contributed by atoms with E-state index in [0.717, 1.165) is 25.7 Å². The molecule has 0 aromatic heterocycles. The van der Waals surface area contributed by atoms with Crippen LogP contribution >= 0.6 is 0 Å². The topological polar surface area (TPSA) is 40.5 Å². The van der Waals surface area contributed by atoms with E-state index in [1.807, 2.05) is 13.8 Å². The second kappa shape index (κ2) is 5.50. The Bertz CT molecular complexity index is 210. The molecule has 1 N–H and O–H groups in total. The summed E-state index contributed by atoms with van der Waals surface area (Å²) in [5, 5.41) is 9.74. The van der Waals surface area contributed by atoms with Crippen LogP contribution in [0.3, 0.4) is 0 Å². The second-order valence-electron chi connectivity index (χ2n) is 4.64. The molecule has 0 spiro atoms. The number of carbonyl (C=O) groups excluding carboxylic acids is 1. The summed E-state index contributed by atoms with van der Waals surface area (Å²) in [6.45, 7) is 4.58. The molecule has 1 amide bonds. The predicted molar refractivity (Wildman–Crippen MR) is 60.4 cm³/mol. The molecule has 3 heteroatoms. The first-order valence-electron chi connectivity index (χ1n) is 6.03. The van der Waals surface area contributed by atoms with Crippen molar-refractivity contribution in [2.75, 3.05) is 13.6 Å². The van der Waals surface area contributed by atoms with Crippen molar-refractivity contribution >= 4 is 5.91 Å². The Kier molecular flexibility index (Phi) is 4.58. The molecule has 0 aliphatic heterocycles. The molecule has 0 aromatic rings. The minimum Gasteiger partial charge on any atom is -0.391 e. The molecule has 1 rings (SSSR count). The van der Waals surface area contributed by atoms with Gasteiger partial charge in [-0.25, -0.2) is 0 Å². The van der Waals surface area contributed by atoms with Gasteiger partial charge in [0.25, 0.3) is 0 Å². The highest BCUT2D eigenvalue weighted by molar-refractivity contribution is 5.78. The van der Waals surface area contributed by atoms with Crippen LogP contribution in [0.1, 0.15) is 39.5 Å². The van der Waals surface area contributed by atoms with Gasteiger partial charge in [0.2, 0.25) is 5.91 Å². The Balaban J connectivity index is 2.36. The molecule has 15 heavy (non-hydrogen) atoms. The molecule has 1 atom stereocenters. The molecular weight excluding hydrogens is 190 g/mol. The van der Waals surface area contributed by atoms with E-state index in [2.05, 4.69) is 0 Å². The largest absolute Gasteiger partial charge is 0.391 e. The maximum atomic E-state index is 11.9. The van der Waals surface area contributed by atoms with Gasteiger partial charge in [-0.3, -0.25) is 4.79 Å². The monoisotopic (exact) mass is 213 g/mol. The average Bonchev–Trinajstić information content (AvgIpc) is 3.02. The van der Waals surface area contributed by atoms with Crippen molar-refractivity contribution in [2.45, 2.75) is 45.6 Å². The third kappa shape index (κ3) is 3.49. The molecule has 1 unspecified atom stereocenters. The van der Waals surface area contributed by atoms with Gasteiger partial charge in [-0.15, -0.1) is 0 Å². The van der Waals surface area contributed by atoms with E-state index in [-0.39, 0.29) is 17.9 Å². The van der Waals surface area contributed by atoms with Gasteiger partial charge in [0.05, 0.1) is 6.10 Å². The zero-order valence-corrected chi connectivity index (χ0v) is 10.1. The lowest BCUT2D eigenvalue weighted by atomic mass is 10.0. The smallest absolute Gasteiger partial charge is 0.225 e. The first-order valence-corrected chi connectivity index (χ1v) is 6.03. The summed E-state index contributed by atoms with van der Waals surface area (Å²) in [4.78, 5) is 13.6. The van der Waals surface area contributed by atoms with Crippen LogP contribution in [0.25, 0.3) is 0 Å². The molecule has 1 fully saturated rings. The lowest BCUT2D eigenvalue weighted by Gasteiger charge is -2.24. The molecule has 3 nitrogen and oxygen atoms in total. The second-order valence-corrected chi connectivity index (χ2v) is 4.64. The minimum absolute atomic E-state index is 0.126. The lowest BCUT2D eigenvalue weighted by Crippen LogP contribution is -2.38. The molecule has 0 aromatic carbocycles. The third-order valence-corrected chi connectivity index (χ3v) is 3.34. The number of amides is 1. The quantitative estimate of drug-likeness (QED) is 0.729. The van der Waals surface area contributed by atoms with Gasteiger partial charge in [0.15, 0.2) is 0 Å². The maximum Gasteiger partial charge on any atom is 0.225 e. The van der Waals surface area contributed by atoms with Crippen molar-refractivity contribution in [2.24, 2.45) is 11.8 Å². The van der Waals surface area contributed by atoms with Crippen molar-refractivity contribution in [3.05, 3.63) is 0 Å². The van der Waals surface area contributed by atoms with Crippen LogP contribution in [-0.2, 0) is 4.79 Å². The molecular formula is C12H23NO2. The molecule has 1 aliphatic rings. The van der Waals surface area contributed by atoms with Crippen molar-refractivity contribution in [1.29, 1.82) is 0 Å². The summed E-state index contributed by atoms with van der Waals surface area (Å²) in [5.41, 5.74) is 0. The third-order valence-electron chi connectivity index (χ3n) is 3.34.